The van der Waals surface area contributed by atoms with Gasteiger partial charge in [-0.2, -0.15) is 4.98 Å². The molecule has 4 rings (SSSR count). The summed E-state index contributed by atoms with van der Waals surface area (Å²) in [5.41, 5.74) is 7.96. The van der Waals surface area contributed by atoms with Crippen molar-refractivity contribution in [2.45, 2.75) is 0 Å². The van der Waals surface area contributed by atoms with E-state index in [0.717, 1.165) is 15.5 Å². The van der Waals surface area contributed by atoms with Crippen LogP contribution in [-0.2, 0) is 0 Å². The lowest BCUT2D eigenvalue weighted by atomic mass is 10.2. The van der Waals surface area contributed by atoms with Gasteiger partial charge in [0.05, 0.1) is 0 Å². The first-order valence-corrected chi connectivity index (χ1v) is 9.13. The summed E-state index contributed by atoms with van der Waals surface area (Å²) in [6, 6.07) is 14.8. The zero-order valence-corrected chi connectivity index (χ0v) is 16.2. The van der Waals surface area contributed by atoms with E-state index in [1.54, 1.807) is 18.3 Å². The number of benzene rings is 2. The number of aromatic nitrogens is 3. The van der Waals surface area contributed by atoms with Crippen LogP contribution >= 0.6 is 27.5 Å². The maximum atomic E-state index is 6.22. The molecule has 0 bridgehead atoms. The average Bonchev–Trinajstić information content (AvgIpc) is 2.67. The third kappa shape index (κ3) is 3.65. The van der Waals surface area contributed by atoms with Gasteiger partial charge in [0, 0.05) is 26.8 Å². The van der Waals surface area contributed by atoms with Gasteiger partial charge in [0.1, 0.15) is 17.5 Å². The van der Waals surface area contributed by atoms with Crippen molar-refractivity contribution in [3.05, 3.63) is 70.6 Å². The average molecular weight is 443 g/mol. The number of nitrogen functional groups attached to an aromatic ring is 1. The van der Waals surface area contributed by atoms with E-state index in [2.05, 4.69) is 36.2 Å². The molecule has 0 spiro atoms. The second kappa shape index (κ2) is 7.38. The van der Waals surface area contributed by atoms with E-state index in [0.29, 0.717) is 22.1 Å². The molecule has 0 atom stereocenters. The van der Waals surface area contributed by atoms with Gasteiger partial charge in [0.15, 0.2) is 11.6 Å². The Kier molecular flexibility index (Phi) is 4.79. The fourth-order valence-corrected chi connectivity index (χ4v) is 3.20. The van der Waals surface area contributed by atoms with Crippen LogP contribution in [0.25, 0.3) is 10.9 Å². The first-order chi connectivity index (χ1) is 13.1. The van der Waals surface area contributed by atoms with Crippen molar-refractivity contribution >= 4 is 55.6 Å². The van der Waals surface area contributed by atoms with E-state index in [1.165, 1.54) is 6.33 Å². The number of ether oxygens (including phenoxy) is 1. The van der Waals surface area contributed by atoms with Gasteiger partial charge >= 0.3 is 0 Å². The molecule has 4 aromatic rings. The molecule has 2 aromatic heterocycles. The predicted molar refractivity (Wildman–Crippen MR) is 111 cm³/mol. The first-order valence-electron chi connectivity index (χ1n) is 7.96. The minimum absolute atomic E-state index is 0.240. The minimum atomic E-state index is 0.240. The van der Waals surface area contributed by atoms with Crippen molar-refractivity contribution in [1.29, 1.82) is 0 Å². The molecule has 3 N–H and O–H groups in total. The Bertz CT molecular complexity index is 1140. The summed E-state index contributed by atoms with van der Waals surface area (Å²) in [5, 5.41) is 4.66. The topological polar surface area (TPSA) is 86.0 Å². The van der Waals surface area contributed by atoms with Crippen LogP contribution in [0.4, 0.5) is 17.2 Å². The monoisotopic (exact) mass is 441 g/mol. The van der Waals surface area contributed by atoms with Crippen LogP contribution in [0.2, 0.25) is 5.02 Å². The standard InChI is InChI=1S/C19H13BrClN5O/c20-14-6-7-15(17-13(14)5-2-8-23-17)27-19-16(22)18(24-10-25-19)26-12-4-1-3-11(21)9-12/h1-10H,22H2,(H,24,25,26). The molecule has 0 unspecified atom stereocenters. The van der Waals surface area contributed by atoms with Crippen molar-refractivity contribution in [3.8, 4) is 11.6 Å². The molecule has 0 saturated carbocycles. The molecule has 0 saturated heterocycles. The van der Waals surface area contributed by atoms with Crippen molar-refractivity contribution in [2.24, 2.45) is 0 Å². The second-order valence-corrected chi connectivity index (χ2v) is 6.91. The number of nitrogens with one attached hydrogen (secondary N) is 1. The Labute approximate surface area is 168 Å². The Balaban J connectivity index is 1.69. The molecular formula is C19H13BrClN5O. The molecule has 0 aliphatic heterocycles. The number of halogens is 2. The molecular weight excluding hydrogens is 430 g/mol. The summed E-state index contributed by atoms with van der Waals surface area (Å²) in [6.45, 7) is 0. The number of hydrogen-bond acceptors (Lipinski definition) is 6. The Morgan fingerprint density at radius 3 is 2.78 bits per heavy atom. The number of nitrogens with zero attached hydrogens (tertiary/aromatic N) is 3. The largest absolute Gasteiger partial charge is 0.435 e. The first kappa shape index (κ1) is 17.5. The number of pyridine rings is 1. The molecule has 0 aliphatic carbocycles. The summed E-state index contributed by atoms with van der Waals surface area (Å²) in [5.74, 6) is 1.22. The lowest BCUT2D eigenvalue weighted by Gasteiger charge is -2.13. The summed E-state index contributed by atoms with van der Waals surface area (Å²) in [6.07, 6.45) is 3.09. The molecule has 2 heterocycles. The normalized spacial score (nSPS) is 10.7. The highest BCUT2D eigenvalue weighted by molar-refractivity contribution is 9.10. The fraction of sp³-hybridized carbons (Fsp3) is 0. The molecule has 8 heteroatoms. The highest BCUT2D eigenvalue weighted by atomic mass is 79.9. The second-order valence-electron chi connectivity index (χ2n) is 5.62. The van der Waals surface area contributed by atoms with Crippen molar-refractivity contribution < 1.29 is 4.74 Å². The van der Waals surface area contributed by atoms with E-state index in [-0.39, 0.29) is 11.6 Å². The Morgan fingerprint density at radius 1 is 1.04 bits per heavy atom. The third-order valence-corrected chi connectivity index (χ3v) is 4.75. The quantitative estimate of drug-likeness (QED) is 0.430. The third-order valence-electron chi connectivity index (χ3n) is 3.82. The predicted octanol–water partition coefficient (Wildman–Crippen LogP) is 5.56. The highest BCUT2D eigenvalue weighted by Crippen LogP contribution is 2.36. The number of fused-ring (bicyclic) bond motifs is 1. The molecule has 0 fully saturated rings. The molecule has 0 aliphatic rings. The smallest absolute Gasteiger partial charge is 0.248 e. The van der Waals surface area contributed by atoms with E-state index in [4.69, 9.17) is 22.1 Å². The zero-order valence-electron chi connectivity index (χ0n) is 13.9. The van der Waals surface area contributed by atoms with Crippen LogP contribution in [-0.4, -0.2) is 15.0 Å². The minimum Gasteiger partial charge on any atom is -0.435 e. The summed E-state index contributed by atoms with van der Waals surface area (Å²) in [4.78, 5) is 12.7. The number of nitrogens with two attached hydrogens (primary N) is 1. The number of hydrogen-bond donors (Lipinski definition) is 2. The summed E-state index contributed by atoms with van der Waals surface area (Å²) in [7, 11) is 0. The van der Waals surface area contributed by atoms with Gasteiger partial charge in [0.2, 0.25) is 5.88 Å². The molecule has 0 radical (unpaired) electrons. The van der Waals surface area contributed by atoms with Gasteiger partial charge in [-0.25, -0.2) is 4.98 Å². The van der Waals surface area contributed by atoms with Gasteiger partial charge in [-0.3, -0.25) is 4.98 Å². The van der Waals surface area contributed by atoms with E-state index < -0.39 is 0 Å². The Morgan fingerprint density at radius 2 is 1.93 bits per heavy atom. The van der Waals surface area contributed by atoms with Gasteiger partial charge in [0.25, 0.3) is 0 Å². The zero-order chi connectivity index (χ0) is 18.8. The van der Waals surface area contributed by atoms with Crippen LogP contribution in [0.15, 0.2) is 65.5 Å². The Hall–Kier alpha value is -2.90. The highest BCUT2D eigenvalue weighted by Gasteiger charge is 2.14. The lowest BCUT2D eigenvalue weighted by Crippen LogP contribution is -2.03. The van der Waals surface area contributed by atoms with E-state index >= 15 is 0 Å². The molecule has 0 amide bonds. The molecule has 6 nitrogen and oxygen atoms in total. The molecule has 134 valence electrons. The van der Waals surface area contributed by atoms with Crippen LogP contribution in [0, 0.1) is 0 Å². The maximum absolute atomic E-state index is 6.22. The SMILES string of the molecule is Nc1c(Nc2cccc(Cl)c2)ncnc1Oc1ccc(Br)c2cccnc12. The van der Waals surface area contributed by atoms with Crippen LogP contribution in [0.5, 0.6) is 11.6 Å². The van der Waals surface area contributed by atoms with E-state index in [1.807, 2.05) is 36.4 Å². The van der Waals surface area contributed by atoms with Gasteiger partial charge in [-0.15, -0.1) is 0 Å². The van der Waals surface area contributed by atoms with Gasteiger partial charge < -0.3 is 15.8 Å². The van der Waals surface area contributed by atoms with Crippen molar-refractivity contribution in [3.63, 3.8) is 0 Å². The van der Waals surface area contributed by atoms with Crippen LogP contribution in [0.3, 0.4) is 0 Å². The van der Waals surface area contributed by atoms with Crippen LogP contribution in [0.1, 0.15) is 0 Å². The number of anilines is 3. The fourth-order valence-electron chi connectivity index (χ4n) is 2.56. The molecule has 2 aromatic carbocycles. The number of rotatable bonds is 4. The molecule has 27 heavy (non-hydrogen) atoms. The van der Waals surface area contributed by atoms with Crippen molar-refractivity contribution in [2.75, 3.05) is 11.1 Å². The summed E-state index contributed by atoms with van der Waals surface area (Å²) >= 11 is 9.54. The maximum Gasteiger partial charge on any atom is 0.248 e. The van der Waals surface area contributed by atoms with Crippen LogP contribution < -0.4 is 15.8 Å². The van der Waals surface area contributed by atoms with Gasteiger partial charge in [-0.1, -0.05) is 39.7 Å². The summed E-state index contributed by atoms with van der Waals surface area (Å²) < 4.78 is 6.88. The van der Waals surface area contributed by atoms with Gasteiger partial charge in [-0.05, 0) is 36.4 Å². The van der Waals surface area contributed by atoms with Crippen molar-refractivity contribution in [1.82, 2.24) is 15.0 Å². The van der Waals surface area contributed by atoms with E-state index in [9.17, 15) is 0 Å². The lowest BCUT2D eigenvalue weighted by molar-refractivity contribution is 0.469.